The van der Waals surface area contributed by atoms with Gasteiger partial charge in [-0.25, -0.2) is 0 Å². The van der Waals surface area contributed by atoms with Gasteiger partial charge >= 0.3 is 0 Å². The van der Waals surface area contributed by atoms with E-state index in [0.29, 0.717) is 25.1 Å². The number of carbonyl (C=O) groups is 1. The SMILES string of the molecule is NCCOCC(=O)N1CCc2sccc2C1C1CC1. The van der Waals surface area contributed by atoms with Crippen LogP contribution in [0.1, 0.15) is 29.3 Å². The normalized spacial score (nSPS) is 22.4. The lowest BCUT2D eigenvalue weighted by Crippen LogP contribution is -2.42. The number of rotatable bonds is 5. The van der Waals surface area contributed by atoms with E-state index in [9.17, 15) is 4.79 Å². The highest BCUT2D eigenvalue weighted by Crippen LogP contribution is 2.48. The van der Waals surface area contributed by atoms with Gasteiger partial charge in [0.25, 0.3) is 0 Å². The van der Waals surface area contributed by atoms with Crippen molar-refractivity contribution in [1.29, 1.82) is 0 Å². The second-order valence-electron chi connectivity index (χ2n) is 5.26. The van der Waals surface area contributed by atoms with Crippen molar-refractivity contribution in [2.45, 2.75) is 25.3 Å². The van der Waals surface area contributed by atoms with Gasteiger partial charge in [0, 0.05) is 18.0 Å². The molecule has 3 rings (SSSR count). The predicted molar refractivity (Wildman–Crippen MR) is 75.1 cm³/mol. The fourth-order valence-electron chi connectivity index (χ4n) is 2.87. The number of fused-ring (bicyclic) bond motifs is 1. The zero-order valence-electron chi connectivity index (χ0n) is 11.0. The first-order valence-corrected chi connectivity index (χ1v) is 7.82. The fraction of sp³-hybridized carbons (Fsp3) is 0.643. The summed E-state index contributed by atoms with van der Waals surface area (Å²) in [6.07, 6.45) is 3.47. The Balaban J connectivity index is 1.72. The molecule has 2 N–H and O–H groups in total. The molecule has 1 amide bonds. The Morgan fingerprint density at radius 1 is 1.53 bits per heavy atom. The molecule has 1 unspecified atom stereocenters. The largest absolute Gasteiger partial charge is 0.370 e. The van der Waals surface area contributed by atoms with Crippen molar-refractivity contribution < 1.29 is 9.53 Å². The molecule has 0 aromatic carbocycles. The predicted octanol–water partition coefficient (Wildman–Crippen LogP) is 1.56. The standard InChI is InChI=1S/C14H20N2O2S/c15-5-7-18-9-13(17)16-6-3-12-11(4-8-19-12)14(16)10-1-2-10/h4,8,10,14H,1-3,5-7,9,15H2. The Morgan fingerprint density at radius 2 is 2.37 bits per heavy atom. The average Bonchev–Trinajstić information content (AvgIpc) is 3.14. The zero-order valence-corrected chi connectivity index (χ0v) is 11.8. The van der Waals surface area contributed by atoms with E-state index in [1.165, 1.54) is 23.3 Å². The van der Waals surface area contributed by atoms with Crippen LogP contribution in [0, 0.1) is 5.92 Å². The van der Waals surface area contributed by atoms with Crippen LogP contribution in [-0.4, -0.2) is 37.1 Å². The van der Waals surface area contributed by atoms with E-state index in [1.807, 2.05) is 16.2 Å². The number of hydrogen-bond donors (Lipinski definition) is 1. The quantitative estimate of drug-likeness (QED) is 0.833. The molecule has 5 heteroatoms. The summed E-state index contributed by atoms with van der Waals surface area (Å²) in [6, 6.07) is 2.49. The first kappa shape index (κ1) is 13.1. The number of amides is 1. The van der Waals surface area contributed by atoms with Gasteiger partial charge in [-0.1, -0.05) is 0 Å². The van der Waals surface area contributed by atoms with Gasteiger partial charge in [-0.2, -0.15) is 0 Å². The number of carbonyl (C=O) groups excluding carboxylic acids is 1. The van der Waals surface area contributed by atoms with Gasteiger partial charge in [0.1, 0.15) is 6.61 Å². The Kier molecular flexibility index (Phi) is 3.86. The Labute approximate surface area is 117 Å². The molecule has 1 aromatic heterocycles. The van der Waals surface area contributed by atoms with E-state index in [0.717, 1.165) is 13.0 Å². The number of hydrogen-bond acceptors (Lipinski definition) is 4. The van der Waals surface area contributed by atoms with Crippen molar-refractivity contribution in [3.8, 4) is 0 Å². The van der Waals surface area contributed by atoms with Gasteiger partial charge in [0.15, 0.2) is 0 Å². The lowest BCUT2D eigenvalue weighted by atomic mass is 9.96. The monoisotopic (exact) mass is 280 g/mol. The van der Waals surface area contributed by atoms with Crippen LogP contribution in [0.3, 0.4) is 0 Å². The van der Waals surface area contributed by atoms with Crippen LogP contribution < -0.4 is 5.73 Å². The summed E-state index contributed by atoms with van der Waals surface area (Å²) in [7, 11) is 0. The molecule has 1 fully saturated rings. The first-order valence-electron chi connectivity index (χ1n) is 6.95. The maximum Gasteiger partial charge on any atom is 0.249 e. The molecule has 1 aromatic rings. The third-order valence-electron chi connectivity index (χ3n) is 3.89. The molecule has 0 saturated heterocycles. The van der Waals surface area contributed by atoms with E-state index >= 15 is 0 Å². The van der Waals surface area contributed by atoms with Gasteiger partial charge in [-0.3, -0.25) is 4.79 Å². The van der Waals surface area contributed by atoms with Crippen molar-refractivity contribution in [3.63, 3.8) is 0 Å². The van der Waals surface area contributed by atoms with Crippen molar-refractivity contribution >= 4 is 17.2 Å². The molecular weight excluding hydrogens is 260 g/mol. The molecular formula is C14H20N2O2S. The summed E-state index contributed by atoms with van der Waals surface area (Å²) in [5, 5.41) is 2.15. The molecule has 1 saturated carbocycles. The Morgan fingerprint density at radius 3 is 3.11 bits per heavy atom. The van der Waals surface area contributed by atoms with E-state index in [2.05, 4.69) is 11.4 Å². The Bertz CT molecular complexity index is 456. The third kappa shape index (κ3) is 2.68. The van der Waals surface area contributed by atoms with E-state index in [-0.39, 0.29) is 12.5 Å². The summed E-state index contributed by atoms with van der Waals surface area (Å²) in [6.45, 7) is 1.92. The van der Waals surface area contributed by atoms with Crippen LogP contribution >= 0.6 is 11.3 Å². The molecule has 19 heavy (non-hydrogen) atoms. The van der Waals surface area contributed by atoms with Crippen LogP contribution in [0.15, 0.2) is 11.4 Å². The highest BCUT2D eigenvalue weighted by Gasteiger charge is 2.41. The van der Waals surface area contributed by atoms with Gasteiger partial charge in [0.2, 0.25) is 5.91 Å². The highest BCUT2D eigenvalue weighted by molar-refractivity contribution is 7.10. The molecule has 1 aliphatic heterocycles. The van der Waals surface area contributed by atoms with Crippen molar-refractivity contribution in [1.82, 2.24) is 4.90 Å². The van der Waals surface area contributed by atoms with Crippen LogP contribution in [0.25, 0.3) is 0 Å². The molecule has 4 nitrogen and oxygen atoms in total. The minimum Gasteiger partial charge on any atom is -0.370 e. The molecule has 0 spiro atoms. The lowest BCUT2D eigenvalue weighted by Gasteiger charge is -2.36. The smallest absolute Gasteiger partial charge is 0.249 e. The molecule has 1 aliphatic carbocycles. The molecule has 1 atom stereocenters. The third-order valence-corrected chi connectivity index (χ3v) is 4.89. The van der Waals surface area contributed by atoms with Crippen LogP contribution in [0.5, 0.6) is 0 Å². The molecule has 2 aliphatic rings. The summed E-state index contributed by atoms with van der Waals surface area (Å²) >= 11 is 1.82. The van der Waals surface area contributed by atoms with Crippen LogP contribution in [0.4, 0.5) is 0 Å². The second-order valence-corrected chi connectivity index (χ2v) is 6.26. The number of nitrogens with two attached hydrogens (primary N) is 1. The van der Waals surface area contributed by atoms with Gasteiger partial charge in [-0.05, 0) is 42.2 Å². The minimum absolute atomic E-state index is 0.113. The topological polar surface area (TPSA) is 55.6 Å². The van der Waals surface area contributed by atoms with Crippen LogP contribution in [-0.2, 0) is 16.0 Å². The first-order chi connectivity index (χ1) is 9.31. The van der Waals surface area contributed by atoms with E-state index in [4.69, 9.17) is 10.5 Å². The summed E-state index contributed by atoms with van der Waals surface area (Å²) in [5.74, 6) is 0.773. The van der Waals surface area contributed by atoms with Crippen molar-refractivity contribution in [2.24, 2.45) is 11.7 Å². The van der Waals surface area contributed by atoms with Crippen molar-refractivity contribution in [2.75, 3.05) is 26.3 Å². The Hall–Kier alpha value is -0.910. The second kappa shape index (κ2) is 5.61. The van der Waals surface area contributed by atoms with Gasteiger partial charge < -0.3 is 15.4 Å². The molecule has 0 radical (unpaired) electrons. The zero-order chi connectivity index (χ0) is 13.2. The number of ether oxygens (including phenoxy) is 1. The van der Waals surface area contributed by atoms with E-state index in [1.54, 1.807) is 0 Å². The average molecular weight is 280 g/mol. The molecule has 2 heterocycles. The van der Waals surface area contributed by atoms with Crippen molar-refractivity contribution in [3.05, 3.63) is 21.9 Å². The number of nitrogens with zero attached hydrogens (tertiary/aromatic N) is 1. The maximum atomic E-state index is 12.3. The fourth-order valence-corrected chi connectivity index (χ4v) is 3.79. The summed E-state index contributed by atoms with van der Waals surface area (Å²) in [5.41, 5.74) is 6.76. The minimum atomic E-state index is 0.113. The van der Waals surface area contributed by atoms with E-state index < -0.39 is 0 Å². The van der Waals surface area contributed by atoms with Gasteiger partial charge in [0.05, 0.1) is 12.6 Å². The van der Waals surface area contributed by atoms with Gasteiger partial charge in [-0.15, -0.1) is 11.3 Å². The van der Waals surface area contributed by atoms with Crippen LogP contribution in [0.2, 0.25) is 0 Å². The summed E-state index contributed by atoms with van der Waals surface area (Å²) in [4.78, 5) is 15.8. The number of thiophene rings is 1. The maximum absolute atomic E-state index is 12.3. The molecule has 104 valence electrons. The lowest BCUT2D eigenvalue weighted by molar-refractivity contribution is -0.139. The molecule has 0 bridgehead atoms. The summed E-state index contributed by atoms with van der Waals surface area (Å²) < 4.78 is 5.30. The highest BCUT2D eigenvalue weighted by atomic mass is 32.1.